The van der Waals surface area contributed by atoms with Crippen molar-refractivity contribution in [1.82, 2.24) is 15.5 Å². The van der Waals surface area contributed by atoms with E-state index >= 15 is 0 Å². The van der Waals surface area contributed by atoms with Gasteiger partial charge in [0.1, 0.15) is 17.7 Å². The van der Waals surface area contributed by atoms with Gasteiger partial charge in [-0.3, -0.25) is 9.59 Å². The molecule has 1 aliphatic rings. The van der Waals surface area contributed by atoms with E-state index in [4.69, 9.17) is 11.2 Å². The summed E-state index contributed by atoms with van der Waals surface area (Å²) in [5.41, 5.74) is 1.29. The molecule has 0 radical (unpaired) electrons. The molecule has 3 amide bonds. The summed E-state index contributed by atoms with van der Waals surface area (Å²) in [4.78, 5) is 42.7. The molecule has 2 aromatic rings. The van der Waals surface area contributed by atoms with Gasteiger partial charge >= 0.3 is 6.09 Å². The maximum Gasteiger partial charge on any atom is 0.408 e. The third-order valence-corrected chi connectivity index (χ3v) is 6.72. The molecule has 4 atom stereocenters. The number of benzene rings is 2. The lowest BCUT2D eigenvalue weighted by Crippen LogP contribution is -2.55. The summed E-state index contributed by atoms with van der Waals surface area (Å²) >= 11 is 0. The quantitative estimate of drug-likeness (QED) is 0.316. The second-order valence-electron chi connectivity index (χ2n) is 11.2. The third-order valence-electron chi connectivity index (χ3n) is 6.72. The van der Waals surface area contributed by atoms with Gasteiger partial charge in [0.15, 0.2) is 0 Å². The summed E-state index contributed by atoms with van der Waals surface area (Å²) < 4.78 is 5.50. The van der Waals surface area contributed by atoms with E-state index in [1.807, 2.05) is 42.5 Å². The maximum atomic E-state index is 14.4. The Morgan fingerprint density at radius 3 is 2.33 bits per heavy atom. The summed E-state index contributed by atoms with van der Waals surface area (Å²) in [5.74, 6) is 2.26. The minimum atomic E-state index is -0.945. The van der Waals surface area contributed by atoms with Crippen molar-refractivity contribution >= 4 is 17.9 Å². The number of amides is 3. The Kier molecular flexibility index (Phi) is 10.2. The van der Waals surface area contributed by atoms with Gasteiger partial charge in [-0.25, -0.2) is 4.79 Å². The number of nitrogens with zero attached hydrogens (tertiary/aromatic N) is 1. The van der Waals surface area contributed by atoms with Crippen LogP contribution in [0, 0.1) is 18.3 Å². The van der Waals surface area contributed by atoms with Gasteiger partial charge in [-0.15, -0.1) is 6.42 Å². The largest absolute Gasteiger partial charge is 0.444 e. The van der Waals surface area contributed by atoms with Gasteiger partial charge in [0.25, 0.3) is 0 Å². The molecule has 4 unspecified atom stereocenters. The fraction of sp³-hybridized carbons (Fsp3) is 0.469. The number of alkyl carbamates (subject to hydrolysis) is 1. The Balaban J connectivity index is 2.05. The third kappa shape index (κ3) is 8.35. The normalized spacial score (nSPS) is 17.7. The fourth-order valence-electron chi connectivity index (χ4n) is 4.62. The number of terminal acetylenes is 1. The van der Waals surface area contributed by atoms with E-state index in [-0.39, 0.29) is 30.2 Å². The summed E-state index contributed by atoms with van der Waals surface area (Å²) in [6.45, 7) is 9.91. The van der Waals surface area contributed by atoms with Gasteiger partial charge in [0, 0.05) is 24.6 Å². The lowest BCUT2D eigenvalue weighted by atomic mass is 9.96. The van der Waals surface area contributed by atoms with Crippen LogP contribution in [-0.4, -0.2) is 47.0 Å². The summed E-state index contributed by atoms with van der Waals surface area (Å²) in [6.07, 6.45) is 7.89. The molecule has 7 heteroatoms. The van der Waals surface area contributed by atoms with Gasteiger partial charge in [0.2, 0.25) is 11.8 Å². The van der Waals surface area contributed by atoms with Crippen LogP contribution in [0.3, 0.4) is 0 Å². The second kappa shape index (κ2) is 13.3. The Hall–Kier alpha value is -3.79. The first-order valence-corrected chi connectivity index (χ1v) is 13.7. The predicted octanol–water partition coefficient (Wildman–Crippen LogP) is 5.00. The molecular weight excluding hydrogens is 490 g/mol. The monoisotopic (exact) mass is 531 g/mol. The Bertz CT molecular complexity index is 1180. The van der Waals surface area contributed by atoms with Crippen molar-refractivity contribution in [2.45, 2.75) is 84.0 Å². The first kappa shape index (κ1) is 29.8. The number of unbranched alkanes of at least 4 members (excludes halogenated alkanes) is 1. The van der Waals surface area contributed by atoms with Crippen LogP contribution in [0.25, 0.3) is 0 Å². The Labute approximate surface area is 232 Å². The second-order valence-corrected chi connectivity index (χ2v) is 11.2. The molecule has 1 fully saturated rings. The van der Waals surface area contributed by atoms with E-state index < -0.39 is 23.8 Å². The number of ether oxygens (including phenoxy) is 1. The smallest absolute Gasteiger partial charge is 0.408 e. The lowest BCUT2D eigenvalue weighted by Gasteiger charge is -2.35. The molecule has 7 nitrogen and oxygen atoms in total. The summed E-state index contributed by atoms with van der Waals surface area (Å²) in [6, 6.07) is 14.7. The molecule has 0 bridgehead atoms. The van der Waals surface area contributed by atoms with Crippen LogP contribution in [-0.2, 0) is 20.7 Å². The first-order valence-electron chi connectivity index (χ1n) is 13.7. The summed E-state index contributed by atoms with van der Waals surface area (Å²) in [5, 5.41) is 5.81. The lowest BCUT2D eigenvalue weighted by molar-refractivity contribution is -0.143. The first-order chi connectivity index (χ1) is 18.6. The molecule has 2 N–H and O–H groups in total. The van der Waals surface area contributed by atoms with E-state index in [1.165, 1.54) is 0 Å². The number of hydrogen-bond acceptors (Lipinski definition) is 4. The molecule has 2 aromatic carbocycles. The minimum Gasteiger partial charge on any atom is -0.444 e. The molecule has 0 aromatic heterocycles. The number of carbonyl (C=O) groups is 3. The van der Waals surface area contributed by atoms with Gasteiger partial charge in [-0.2, -0.15) is 0 Å². The van der Waals surface area contributed by atoms with Crippen LogP contribution in [0.5, 0.6) is 0 Å². The Morgan fingerprint density at radius 2 is 1.74 bits per heavy atom. The van der Waals surface area contributed by atoms with Gasteiger partial charge < -0.3 is 20.3 Å². The van der Waals surface area contributed by atoms with Crippen LogP contribution in [0.15, 0.2) is 54.6 Å². The molecular formula is C32H41N3O4. The number of nitrogens with one attached hydrogen (secondary N) is 2. The fourth-order valence-corrected chi connectivity index (χ4v) is 4.62. The highest BCUT2D eigenvalue weighted by Crippen LogP contribution is 2.41. The van der Waals surface area contributed by atoms with Crippen LogP contribution in [0.1, 0.15) is 76.6 Å². The minimum absolute atomic E-state index is 0.163. The van der Waals surface area contributed by atoms with Crippen molar-refractivity contribution in [3.05, 3.63) is 71.3 Å². The van der Waals surface area contributed by atoms with E-state index in [1.54, 1.807) is 37.8 Å². The van der Waals surface area contributed by atoms with Crippen molar-refractivity contribution in [3.8, 4) is 12.3 Å². The zero-order valence-corrected chi connectivity index (χ0v) is 23.7. The zero-order valence-electron chi connectivity index (χ0n) is 23.7. The number of rotatable bonds is 11. The molecule has 208 valence electrons. The average Bonchev–Trinajstić information content (AvgIpc) is 3.61. The van der Waals surface area contributed by atoms with Crippen molar-refractivity contribution in [1.29, 1.82) is 0 Å². The highest BCUT2D eigenvalue weighted by molar-refractivity contribution is 5.93. The van der Waals surface area contributed by atoms with Crippen LogP contribution in [0.2, 0.25) is 0 Å². The topological polar surface area (TPSA) is 87.7 Å². The van der Waals surface area contributed by atoms with E-state index in [9.17, 15) is 14.4 Å². The van der Waals surface area contributed by atoms with Crippen molar-refractivity contribution < 1.29 is 19.1 Å². The molecule has 1 aliphatic carbocycles. The molecule has 1 saturated carbocycles. The molecule has 0 aliphatic heterocycles. The SMILES string of the molecule is C#Cc1ccccc1C(C(=O)NCCCC)N(C(=O)C(Cc1ccccc1)NC(=O)OC(C)(C)C)C1CC1C. The van der Waals surface area contributed by atoms with E-state index in [0.717, 1.165) is 24.8 Å². The highest BCUT2D eigenvalue weighted by Gasteiger charge is 2.48. The molecule has 3 rings (SSSR count). The summed E-state index contributed by atoms with van der Waals surface area (Å²) in [7, 11) is 0. The van der Waals surface area contributed by atoms with Crippen molar-refractivity contribution in [2.75, 3.05) is 6.54 Å². The molecule has 0 spiro atoms. The van der Waals surface area contributed by atoms with Gasteiger partial charge in [-0.05, 0) is 56.7 Å². The van der Waals surface area contributed by atoms with E-state index in [2.05, 4.69) is 30.4 Å². The van der Waals surface area contributed by atoms with Gasteiger partial charge in [-0.1, -0.05) is 74.7 Å². The molecule has 0 heterocycles. The molecule has 0 saturated heterocycles. The van der Waals surface area contributed by atoms with Crippen molar-refractivity contribution in [3.63, 3.8) is 0 Å². The zero-order chi connectivity index (χ0) is 28.6. The van der Waals surface area contributed by atoms with Crippen LogP contribution >= 0.6 is 0 Å². The maximum absolute atomic E-state index is 14.4. The standard InChI is InChI=1S/C32H41N3O4/c1-7-9-19-33-29(36)28(25-18-14-13-17-24(25)8-2)35(27-20-22(27)3)30(37)26(21-23-15-11-10-12-16-23)34-31(38)39-32(4,5)6/h2,10-18,22,26-28H,7,9,19-21H2,1,3-6H3,(H,33,36)(H,34,38). The van der Waals surface area contributed by atoms with Crippen molar-refractivity contribution in [2.24, 2.45) is 5.92 Å². The van der Waals surface area contributed by atoms with E-state index in [0.29, 0.717) is 17.7 Å². The highest BCUT2D eigenvalue weighted by atomic mass is 16.6. The number of hydrogen-bond donors (Lipinski definition) is 2. The number of carbonyl (C=O) groups excluding carboxylic acids is 3. The average molecular weight is 532 g/mol. The Morgan fingerprint density at radius 1 is 1.10 bits per heavy atom. The van der Waals surface area contributed by atoms with Gasteiger partial charge in [0.05, 0.1) is 0 Å². The van der Waals surface area contributed by atoms with Crippen LogP contribution < -0.4 is 10.6 Å². The molecule has 39 heavy (non-hydrogen) atoms. The van der Waals surface area contributed by atoms with Crippen LogP contribution in [0.4, 0.5) is 4.79 Å². The predicted molar refractivity (Wildman–Crippen MR) is 153 cm³/mol.